The molecule has 256 valence electrons. The number of carbonyl (C=O) groups excluding carboxylic acids is 3. The van der Waals surface area contributed by atoms with E-state index in [1.54, 1.807) is 42.5 Å². The van der Waals surface area contributed by atoms with Crippen LogP contribution < -0.4 is 0 Å². The molecule has 49 heavy (non-hydrogen) atoms. The van der Waals surface area contributed by atoms with Crippen LogP contribution in [0.25, 0.3) is 0 Å². The van der Waals surface area contributed by atoms with Gasteiger partial charge in [-0.3, -0.25) is 4.18 Å². The van der Waals surface area contributed by atoms with E-state index in [1.165, 1.54) is 86.0 Å². The maximum atomic E-state index is 13.4. The first-order valence-corrected chi connectivity index (χ1v) is 17.6. The minimum absolute atomic E-state index is 0.0394. The normalized spacial score (nSPS) is 20.9. The Morgan fingerprint density at radius 2 is 1.04 bits per heavy atom. The molecule has 0 spiro atoms. The zero-order chi connectivity index (χ0) is 35.0. The van der Waals surface area contributed by atoms with Gasteiger partial charge < -0.3 is 23.7 Å². The Morgan fingerprint density at radius 3 is 1.53 bits per heavy atom. The van der Waals surface area contributed by atoms with Gasteiger partial charge in [-0.15, -0.1) is 0 Å². The second kappa shape index (κ2) is 15.5. The minimum Gasteiger partial charge on any atom is -0.450 e. The van der Waals surface area contributed by atoms with Crippen LogP contribution in [0.1, 0.15) is 20.7 Å². The second-order valence-electron chi connectivity index (χ2n) is 10.5. The number of sulfone groups is 1. The van der Waals surface area contributed by atoms with Crippen molar-refractivity contribution in [1.82, 2.24) is 0 Å². The number of hydrogen-bond acceptors (Lipinski definition) is 13. The van der Waals surface area contributed by atoms with Crippen LogP contribution >= 0.6 is 0 Å². The largest absolute Gasteiger partial charge is 0.450 e. The lowest BCUT2D eigenvalue weighted by atomic mass is 9.98. The van der Waals surface area contributed by atoms with Gasteiger partial charge in [-0.05, 0) is 48.5 Å². The number of methoxy groups -OCH3 is 1. The summed E-state index contributed by atoms with van der Waals surface area (Å²) in [4.78, 5) is 39.5. The predicted molar refractivity (Wildman–Crippen MR) is 170 cm³/mol. The van der Waals surface area contributed by atoms with Crippen molar-refractivity contribution in [3.05, 3.63) is 132 Å². The van der Waals surface area contributed by atoms with Crippen LogP contribution in [-0.2, 0) is 47.8 Å². The Balaban J connectivity index is 1.56. The van der Waals surface area contributed by atoms with E-state index < -0.39 is 79.4 Å². The molecule has 1 saturated heterocycles. The van der Waals surface area contributed by atoms with Crippen molar-refractivity contribution in [1.29, 1.82) is 0 Å². The summed E-state index contributed by atoms with van der Waals surface area (Å²) >= 11 is 0. The Labute approximate surface area is 282 Å². The number of hydrogen-bond donors (Lipinski definition) is 0. The molecule has 1 aliphatic rings. The van der Waals surface area contributed by atoms with E-state index in [-0.39, 0.29) is 16.0 Å². The van der Waals surface area contributed by atoms with Crippen LogP contribution in [0.3, 0.4) is 0 Å². The Bertz CT molecular complexity index is 1960. The first-order valence-electron chi connectivity index (χ1n) is 14.7. The summed E-state index contributed by atoms with van der Waals surface area (Å²) in [5, 5.41) is -1.78. The van der Waals surface area contributed by atoms with Crippen molar-refractivity contribution in [3.63, 3.8) is 0 Å². The molecule has 0 bridgehead atoms. The molecule has 15 heteroatoms. The maximum Gasteiger partial charge on any atom is 0.430 e. The standard InChI is InChI=1S/C34H30O13S2/c1-42-33-30(46-32(36)24-16-8-3-9-17-24)29(45-31(35)23-14-6-2-7-15-23)28(47-34(37)48(38,39)25-18-10-4-11-19-25)27(44-33)22-43-49(40,41)26-20-12-5-13-21-26/h2-21,27-30,33H,22H2,1H3. The fraction of sp³-hybridized carbons (Fsp3) is 0.206. The predicted octanol–water partition coefficient (Wildman–Crippen LogP) is 4.19. The highest BCUT2D eigenvalue weighted by Crippen LogP contribution is 2.32. The summed E-state index contributed by atoms with van der Waals surface area (Å²) in [6, 6.07) is 29.1. The van der Waals surface area contributed by atoms with Crippen LogP contribution in [0, 0.1) is 0 Å². The van der Waals surface area contributed by atoms with Gasteiger partial charge in [-0.2, -0.15) is 8.42 Å². The SMILES string of the molecule is COC1OC(COS(=O)(=O)c2ccccc2)C(OC(=O)S(=O)(=O)c2ccccc2)C(OC(=O)c2ccccc2)C1OC(=O)c1ccccc1. The molecule has 0 aromatic heterocycles. The molecule has 1 aliphatic heterocycles. The van der Waals surface area contributed by atoms with Crippen molar-refractivity contribution in [2.75, 3.05) is 13.7 Å². The fourth-order valence-electron chi connectivity index (χ4n) is 4.82. The summed E-state index contributed by atoms with van der Waals surface area (Å²) in [5.74, 6) is -1.90. The van der Waals surface area contributed by atoms with Crippen molar-refractivity contribution in [2.45, 2.75) is 40.5 Å². The van der Waals surface area contributed by atoms with E-state index in [2.05, 4.69) is 0 Å². The third kappa shape index (κ3) is 8.39. The summed E-state index contributed by atoms with van der Waals surface area (Å²) in [6.07, 6.45) is -8.63. The molecular weight excluding hydrogens is 680 g/mol. The van der Waals surface area contributed by atoms with Gasteiger partial charge in [0.25, 0.3) is 20.0 Å². The molecule has 5 atom stereocenters. The average Bonchev–Trinajstić information content (AvgIpc) is 3.13. The molecule has 4 aromatic carbocycles. The van der Waals surface area contributed by atoms with Crippen LogP contribution in [0.4, 0.5) is 4.79 Å². The zero-order valence-electron chi connectivity index (χ0n) is 25.8. The topological polar surface area (TPSA) is 175 Å². The number of carbonyl (C=O) groups is 3. The third-order valence-corrected chi connectivity index (χ3v) is 9.98. The molecule has 5 rings (SSSR count). The van der Waals surface area contributed by atoms with E-state index in [9.17, 15) is 31.2 Å². The van der Waals surface area contributed by atoms with Crippen molar-refractivity contribution in [2.24, 2.45) is 0 Å². The van der Waals surface area contributed by atoms with Crippen LogP contribution in [0.5, 0.6) is 0 Å². The van der Waals surface area contributed by atoms with Crippen LogP contribution in [0.15, 0.2) is 131 Å². The third-order valence-electron chi connectivity index (χ3n) is 7.25. The monoisotopic (exact) mass is 710 g/mol. The van der Waals surface area contributed by atoms with Crippen molar-refractivity contribution in [3.8, 4) is 0 Å². The van der Waals surface area contributed by atoms with E-state index in [1.807, 2.05) is 0 Å². The molecule has 0 saturated carbocycles. The molecule has 0 amide bonds. The maximum absolute atomic E-state index is 13.4. The van der Waals surface area contributed by atoms with Gasteiger partial charge >= 0.3 is 17.2 Å². The summed E-state index contributed by atoms with van der Waals surface area (Å²) in [6.45, 7) is -0.876. The van der Waals surface area contributed by atoms with Crippen molar-refractivity contribution < 1.29 is 59.1 Å². The fourth-order valence-corrected chi connectivity index (χ4v) is 6.70. The summed E-state index contributed by atoms with van der Waals surface area (Å²) in [7, 11) is -8.07. The van der Waals surface area contributed by atoms with Gasteiger partial charge in [-0.25, -0.2) is 22.8 Å². The molecular formula is C34H30O13S2. The van der Waals surface area contributed by atoms with Crippen LogP contribution in [-0.4, -0.2) is 78.5 Å². The number of esters is 2. The lowest BCUT2D eigenvalue weighted by molar-refractivity contribution is -0.289. The molecule has 4 aromatic rings. The minimum atomic E-state index is -4.81. The van der Waals surface area contributed by atoms with Crippen LogP contribution in [0.2, 0.25) is 0 Å². The molecule has 1 fully saturated rings. The average molecular weight is 711 g/mol. The number of ether oxygens (including phenoxy) is 5. The highest BCUT2D eigenvalue weighted by Gasteiger charge is 2.54. The van der Waals surface area contributed by atoms with Gasteiger partial charge in [0.15, 0.2) is 24.6 Å². The second-order valence-corrected chi connectivity index (χ2v) is 13.9. The molecule has 0 radical (unpaired) electrons. The molecule has 5 unspecified atom stereocenters. The first-order chi connectivity index (χ1) is 23.5. The molecule has 1 heterocycles. The molecule has 0 aliphatic carbocycles. The quantitative estimate of drug-likeness (QED) is 0.123. The summed E-state index contributed by atoms with van der Waals surface area (Å²) < 4.78 is 86.2. The van der Waals surface area contributed by atoms with Crippen molar-refractivity contribution >= 4 is 37.2 Å². The lowest BCUT2D eigenvalue weighted by Crippen LogP contribution is -2.63. The Hall–Kier alpha value is -4.93. The van der Waals surface area contributed by atoms with Gasteiger partial charge in [0, 0.05) is 7.11 Å². The van der Waals surface area contributed by atoms with Gasteiger partial charge in [-0.1, -0.05) is 72.8 Å². The van der Waals surface area contributed by atoms with E-state index in [0.29, 0.717) is 0 Å². The van der Waals surface area contributed by atoms with E-state index >= 15 is 0 Å². The highest BCUT2D eigenvalue weighted by atomic mass is 32.2. The zero-order valence-corrected chi connectivity index (χ0v) is 27.4. The first kappa shape index (κ1) is 35.4. The van der Waals surface area contributed by atoms with Gasteiger partial charge in [0.05, 0.1) is 27.5 Å². The summed E-state index contributed by atoms with van der Waals surface area (Å²) in [5.41, 5.74) is 0.127. The van der Waals surface area contributed by atoms with Gasteiger partial charge in [0.1, 0.15) is 6.10 Å². The van der Waals surface area contributed by atoms with E-state index in [0.717, 1.165) is 0 Å². The molecule has 0 N–H and O–H groups in total. The Morgan fingerprint density at radius 1 is 0.592 bits per heavy atom. The molecule has 13 nitrogen and oxygen atoms in total. The number of benzene rings is 4. The smallest absolute Gasteiger partial charge is 0.430 e. The van der Waals surface area contributed by atoms with E-state index in [4.69, 9.17) is 27.9 Å². The van der Waals surface area contributed by atoms with Gasteiger partial charge in [0.2, 0.25) is 0 Å². The lowest BCUT2D eigenvalue weighted by Gasteiger charge is -2.43. The Kier molecular flexibility index (Phi) is 11.2. The highest BCUT2D eigenvalue weighted by molar-refractivity contribution is 8.05. The number of rotatable bonds is 11.